The molecular formula is C9H11N3. The van der Waals surface area contributed by atoms with Crippen LogP contribution in [0.5, 0.6) is 0 Å². The molecule has 0 aromatic carbocycles. The third kappa shape index (κ3) is 1.59. The summed E-state index contributed by atoms with van der Waals surface area (Å²) in [6.45, 7) is 5.50. The lowest BCUT2D eigenvalue weighted by molar-refractivity contribution is 0.625. The van der Waals surface area contributed by atoms with Crippen molar-refractivity contribution in [2.75, 3.05) is 0 Å². The molecule has 1 aromatic rings. The van der Waals surface area contributed by atoms with Crippen LogP contribution in [-0.2, 0) is 5.41 Å². The second-order valence-corrected chi connectivity index (χ2v) is 3.26. The van der Waals surface area contributed by atoms with Crippen molar-refractivity contribution < 1.29 is 0 Å². The SMILES string of the molecule is Cc1ccnc(C(C)(C)C#N)n1. The smallest absolute Gasteiger partial charge is 0.148 e. The summed E-state index contributed by atoms with van der Waals surface area (Å²) in [6.07, 6.45) is 1.68. The monoisotopic (exact) mass is 161 g/mol. The quantitative estimate of drug-likeness (QED) is 0.628. The van der Waals surface area contributed by atoms with E-state index in [0.29, 0.717) is 5.82 Å². The zero-order chi connectivity index (χ0) is 9.19. The normalized spacial score (nSPS) is 10.8. The Morgan fingerprint density at radius 2 is 2.17 bits per heavy atom. The molecule has 0 saturated carbocycles. The first kappa shape index (κ1) is 8.66. The highest BCUT2D eigenvalue weighted by atomic mass is 14.9. The minimum atomic E-state index is -0.591. The Morgan fingerprint density at radius 1 is 1.50 bits per heavy atom. The van der Waals surface area contributed by atoms with Crippen molar-refractivity contribution in [2.45, 2.75) is 26.2 Å². The Hall–Kier alpha value is -1.43. The number of hydrogen-bond acceptors (Lipinski definition) is 3. The second-order valence-electron chi connectivity index (χ2n) is 3.26. The molecule has 0 spiro atoms. The molecular weight excluding hydrogens is 150 g/mol. The van der Waals surface area contributed by atoms with Crippen LogP contribution in [0.1, 0.15) is 25.4 Å². The van der Waals surface area contributed by atoms with Gasteiger partial charge in [-0.1, -0.05) is 0 Å². The van der Waals surface area contributed by atoms with Gasteiger partial charge in [-0.25, -0.2) is 9.97 Å². The standard InChI is InChI=1S/C9H11N3/c1-7-4-5-11-8(12-7)9(2,3)6-10/h4-5H,1-3H3. The minimum absolute atomic E-state index is 0.588. The average Bonchev–Trinajstić information content (AvgIpc) is 2.05. The Morgan fingerprint density at radius 3 is 2.67 bits per heavy atom. The fourth-order valence-corrected chi connectivity index (χ4v) is 0.800. The predicted molar refractivity (Wildman–Crippen MR) is 45.4 cm³/mol. The van der Waals surface area contributed by atoms with Crippen molar-refractivity contribution >= 4 is 0 Å². The molecule has 0 unspecified atom stereocenters. The highest BCUT2D eigenvalue weighted by molar-refractivity contribution is 5.17. The van der Waals surface area contributed by atoms with Crippen molar-refractivity contribution in [1.82, 2.24) is 9.97 Å². The van der Waals surface area contributed by atoms with Gasteiger partial charge >= 0.3 is 0 Å². The van der Waals surface area contributed by atoms with Gasteiger partial charge in [0, 0.05) is 11.9 Å². The molecule has 62 valence electrons. The third-order valence-electron chi connectivity index (χ3n) is 1.63. The molecule has 0 aliphatic rings. The van der Waals surface area contributed by atoms with E-state index in [4.69, 9.17) is 5.26 Å². The Kier molecular flexibility index (Phi) is 2.09. The van der Waals surface area contributed by atoms with Gasteiger partial charge < -0.3 is 0 Å². The molecule has 0 atom stereocenters. The maximum absolute atomic E-state index is 8.81. The largest absolute Gasteiger partial charge is 0.240 e. The average molecular weight is 161 g/mol. The summed E-state index contributed by atoms with van der Waals surface area (Å²) in [4.78, 5) is 8.23. The van der Waals surface area contributed by atoms with Crippen molar-refractivity contribution in [3.05, 3.63) is 23.8 Å². The number of nitriles is 1. The molecule has 0 fully saturated rings. The van der Waals surface area contributed by atoms with E-state index in [0.717, 1.165) is 5.69 Å². The molecule has 0 N–H and O–H groups in total. The van der Waals surface area contributed by atoms with Crippen LogP contribution in [0.4, 0.5) is 0 Å². The molecule has 12 heavy (non-hydrogen) atoms. The second kappa shape index (κ2) is 2.90. The molecule has 3 nitrogen and oxygen atoms in total. The van der Waals surface area contributed by atoms with E-state index in [9.17, 15) is 0 Å². The molecule has 1 aromatic heterocycles. The number of aryl methyl sites for hydroxylation is 1. The molecule has 0 aliphatic carbocycles. The molecule has 0 bridgehead atoms. The molecule has 1 heterocycles. The molecule has 0 radical (unpaired) electrons. The molecule has 0 aliphatic heterocycles. The van der Waals surface area contributed by atoms with Gasteiger partial charge in [-0.05, 0) is 26.8 Å². The van der Waals surface area contributed by atoms with E-state index in [2.05, 4.69) is 16.0 Å². The van der Waals surface area contributed by atoms with E-state index >= 15 is 0 Å². The number of rotatable bonds is 1. The maximum atomic E-state index is 8.81. The number of aromatic nitrogens is 2. The van der Waals surface area contributed by atoms with Crippen LogP contribution >= 0.6 is 0 Å². The topological polar surface area (TPSA) is 49.6 Å². The zero-order valence-electron chi connectivity index (χ0n) is 7.50. The van der Waals surface area contributed by atoms with E-state index in [1.807, 2.05) is 26.8 Å². The van der Waals surface area contributed by atoms with Crippen LogP contribution in [0, 0.1) is 18.3 Å². The predicted octanol–water partition coefficient (Wildman–Crippen LogP) is 1.59. The summed E-state index contributed by atoms with van der Waals surface area (Å²) in [7, 11) is 0. The van der Waals surface area contributed by atoms with Crippen molar-refractivity contribution in [3.63, 3.8) is 0 Å². The summed E-state index contributed by atoms with van der Waals surface area (Å²) in [5.74, 6) is 0.588. The maximum Gasteiger partial charge on any atom is 0.148 e. The van der Waals surface area contributed by atoms with Crippen LogP contribution < -0.4 is 0 Å². The molecule has 0 saturated heterocycles. The summed E-state index contributed by atoms with van der Waals surface area (Å²) in [5.41, 5.74) is 0.301. The first-order chi connectivity index (χ1) is 5.56. The lowest BCUT2D eigenvalue weighted by Crippen LogP contribution is -2.18. The van der Waals surface area contributed by atoms with Gasteiger partial charge in [0.1, 0.15) is 11.2 Å². The fraction of sp³-hybridized carbons (Fsp3) is 0.444. The first-order valence-electron chi connectivity index (χ1n) is 3.77. The lowest BCUT2D eigenvalue weighted by Gasteiger charge is -2.12. The van der Waals surface area contributed by atoms with Gasteiger partial charge in [-0.15, -0.1) is 0 Å². The van der Waals surface area contributed by atoms with Gasteiger partial charge in [0.2, 0.25) is 0 Å². The number of hydrogen-bond donors (Lipinski definition) is 0. The summed E-state index contributed by atoms with van der Waals surface area (Å²) >= 11 is 0. The van der Waals surface area contributed by atoms with Crippen LogP contribution in [0.25, 0.3) is 0 Å². The third-order valence-corrected chi connectivity index (χ3v) is 1.63. The van der Waals surface area contributed by atoms with Crippen LogP contribution in [0.15, 0.2) is 12.3 Å². The van der Waals surface area contributed by atoms with Crippen molar-refractivity contribution in [1.29, 1.82) is 5.26 Å². The highest BCUT2D eigenvalue weighted by Gasteiger charge is 2.22. The van der Waals surface area contributed by atoms with Crippen LogP contribution in [0.3, 0.4) is 0 Å². The van der Waals surface area contributed by atoms with E-state index < -0.39 is 5.41 Å². The summed E-state index contributed by atoms with van der Waals surface area (Å²) in [5, 5.41) is 8.81. The summed E-state index contributed by atoms with van der Waals surface area (Å²) in [6, 6.07) is 3.98. The van der Waals surface area contributed by atoms with E-state index in [1.165, 1.54) is 0 Å². The molecule has 3 heteroatoms. The van der Waals surface area contributed by atoms with Gasteiger partial charge in [-0.3, -0.25) is 0 Å². The van der Waals surface area contributed by atoms with E-state index in [-0.39, 0.29) is 0 Å². The van der Waals surface area contributed by atoms with Crippen molar-refractivity contribution in [3.8, 4) is 6.07 Å². The first-order valence-corrected chi connectivity index (χ1v) is 3.77. The summed E-state index contributed by atoms with van der Waals surface area (Å²) < 4.78 is 0. The molecule has 1 rings (SSSR count). The van der Waals surface area contributed by atoms with Gasteiger partial charge in [0.25, 0.3) is 0 Å². The Balaban J connectivity index is 3.14. The molecule has 0 amide bonds. The van der Waals surface area contributed by atoms with Gasteiger partial charge in [0.15, 0.2) is 0 Å². The fourth-order valence-electron chi connectivity index (χ4n) is 0.800. The minimum Gasteiger partial charge on any atom is -0.240 e. The van der Waals surface area contributed by atoms with Crippen LogP contribution in [0.2, 0.25) is 0 Å². The number of nitrogens with zero attached hydrogens (tertiary/aromatic N) is 3. The van der Waals surface area contributed by atoms with E-state index in [1.54, 1.807) is 6.20 Å². The Bertz CT molecular complexity index is 323. The zero-order valence-corrected chi connectivity index (χ0v) is 7.50. The lowest BCUT2D eigenvalue weighted by atomic mass is 9.95. The van der Waals surface area contributed by atoms with Gasteiger partial charge in [0.05, 0.1) is 6.07 Å². The Labute approximate surface area is 72.1 Å². The van der Waals surface area contributed by atoms with Crippen molar-refractivity contribution in [2.24, 2.45) is 0 Å². The van der Waals surface area contributed by atoms with Gasteiger partial charge in [-0.2, -0.15) is 5.26 Å². The highest BCUT2D eigenvalue weighted by Crippen LogP contribution is 2.17. The van der Waals surface area contributed by atoms with Crippen LogP contribution in [-0.4, -0.2) is 9.97 Å².